The zero-order valence-corrected chi connectivity index (χ0v) is 22.7. The maximum absolute atomic E-state index is 12.2. The van der Waals surface area contributed by atoms with Gasteiger partial charge in [-0.1, -0.05) is 41.4 Å². The van der Waals surface area contributed by atoms with Gasteiger partial charge in [0, 0.05) is 41.9 Å². The summed E-state index contributed by atoms with van der Waals surface area (Å²) in [6.45, 7) is 5.18. The SMILES string of the molecule is CCOC(=O)N1CCN(c2ncnc(Nc3cc(Cl)c(C(C#N)c4ccc(Cl)cc4)cc3C)c2[N+](=O)[O-])CC1. The first-order valence-electron chi connectivity index (χ1n) is 12.1. The van der Waals surface area contributed by atoms with E-state index in [0.717, 1.165) is 5.56 Å². The average molecular weight is 570 g/mol. The van der Waals surface area contributed by atoms with Crippen LogP contribution in [0.3, 0.4) is 0 Å². The zero-order valence-electron chi connectivity index (χ0n) is 21.2. The number of piperazine rings is 1. The summed E-state index contributed by atoms with van der Waals surface area (Å²) >= 11 is 12.6. The molecule has 1 saturated heterocycles. The van der Waals surface area contributed by atoms with Crippen molar-refractivity contribution in [3.05, 3.63) is 79.6 Å². The Morgan fingerprint density at radius 2 is 1.90 bits per heavy atom. The summed E-state index contributed by atoms with van der Waals surface area (Å²) in [4.78, 5) is 35.3. The molecule has 2 aromatic carbocycles. The molecular formula is C26H25Cl2N7O4. The van der Waals surface area contributed by atoms with Crippen molar-refractivity contribution in [3.8, 4) is 6.07 Å². The summed E-state index contributed by atoms with van der Waals surface area (Å²) < 4.78 is 5.04. The lowest BCUT2D eigenvalue weighted by Gasteiger charge is -2.34. The van der Waals surface area contributed by atoms with Gasteiger partial charge in [-0.05, 0) is 48.7 Å². The lowest BCUT2D eigenvalue weighted by molar-refractivity contribution is -0.383. The number of ether oxygens (including phenoxy) is 1. The van der Waals surface area contributed by atoms with Crippen molar-refractivity contribution in [2.45, 2.75) is 19.8 Å². The van der Waals surface area contributed by atoms with Crippen molar-refractivity contribution in [1.29, 1.82) is 5.26 Å². The number of aromatic nitrogens is 2. The molecule has 4 rings (SSSR count). The molecule has 3 aromatic rings. The fraction of sp³-hybridized carbons (Fsp3) is 0.308. The van der Waals surface area contributed by atoms with Crippen molar-refractivity contribution >= 4 is 52.3 Å². The van der Waals surface area contributed by atoms with Crippen molar-refractivity contribution in [2.75, 3.05) is 43.0 Å². The Kier molecular flexibility index (Phi) is 8.69. The van der Waals surface area contributed by atoms with Gasteiger partial charge in [0.05, 0.1) is 23.5 Å². The van der Waals surface area contributed by atoms with E-state index in [1.165, 1.54) is 6.33 Å². The Balaban J connectivity index is 1.61. The monoisotopic (exact) mass is 569 g/mol. The molecule has 0 saturated carbocycles. The standard InChI is InChI=1S/C26H25Cl2N7O4/c1-3-39-26(36)34-10-8-33(9-11-34)25-23(35(37)38)24(30-15-31-25)32-22-13-21(28)19(12-16(22)2)20(14-29)17-4-6-18(27)7-5-17/h4-7,12-13,15,20H,3,8-11H2,1-2H3,(H,30,31,32). The zero-order chi connectivity index (χ0) is 28.1. The predicted molar refractivity (Wildman–Crippen MR) is 148 cm³/mol. The molecular weight excluding hydrogens is 545 g/mol. The summed E-state index contributed by atoms with van der Waals surface area (Å²) in [5.41, 5.74) is 2.25. The minimum absolute atomic E-state index is 0.000673. The molecule has 202 valence electrons. The van der Waals surface area contributed by atoms with Crippen LogP contribution in [0.25, 0.3) is 0 Å². The lowest BCUT2D eigenvalue weighted by atomic mass is 9.91. The van der Waals surface area contributed by atoms with Crippen molar-refractivity contribution in [1.82, 2.24) is 14.9 Å². The van der Waals surface area contributed by atoms with Crippen LogP contribution in [0, 0.1) is 28.4 Å². The van der Waals surface area contributed by atoms with E-state index in [1.54, 1.807) is 60.0 Å². The summed E-state index contributed by atoms with van der Waals surface area (Å²) in [7, 11) is 0. The molecule has 1 aromatic heterocycles. The molecule has 11 nitrogen and oxygen atoms in total. The number of rotatable bonds is 7. The molecule has 0 bridgehead atoms. The van der Waals surface area contributed by atoms with Crippen LogP contribution in [0.4, 0.5) is 27.8 Å². The molecule has 1 fully saturated rings. The van der Waals surface area contributed by atoms with Gasteiger partial charge in [-0.2, -0.15) is 5.26 Å². The maximum atomic E-state index is 12.2. The van der Waals surface area contributed by atoms with Crippen LogP contribution in [0.2, 0.25) is 10.0 Å². The van der Waals surface area contributed by atoms with Crippen molar-refractivity contribution in [3.63, 3.8) is 0 Å². The maximum Gasteiger partial charge on any atom is 0.409 e. The highest BCUT2D eigenvalue weighted by Gasteiger charge is 2.31. The smallest absolute Gasteiger partial charge is 0.409 e. The molecule has 13 heteroatoms. The number of aryl methyl sites for hydroxylation is 1. The Bertz CT molecular complexity index is 1420. The van der Waals surface area contributed by atoms with E-state index in [0.29, 0.717) is 53.0 Å². The van der Waals surface area contributed by atoms with E-state index < -0.39 is 16.9 Å². The van der Waals surface area contributed by atoms with Gasteiger partial charge >= 0.3 is 11.8 Å². The van der Waals surface area contributed by atoms with Gasteiger partial charge < -0.3 is 19.9 Å². The van der Waals surface area contributed by atoms with Crippen LogP contribution in [-0.2, 0) is 4.74 Å². The van der Waals surface area contributed by atoms with Crippen LogP contribution in [0.5, 0.6) is 0 Å². The number of anilines is 3. The van der Waals surface area contributed by atoms with E-state index in [2.05, 4.69) is 21.4 Å². The molecule has 1 aliphatic heterocycles. The number of nitrogens with zero attached hydrogens (tertiary/aromatic N) is 6. The number of amides is 1. The Morgan fingerprint density at radius 1 is 1.21 bits per heavy atom. The molecule has 1 N–H and O–H groups in total. The van der Waals surface area contributed by atoms with E-state index in [-0.39, 0.29) is 23.9 Å². The minimum Gasteiger partial charge on any atom is -0.450 e. The van der Waals surface area contributed by atoms with Crippen LogP contribution in [-0.4, -0.2) is 58.7 Å². The molecule has 1 amide bonds. The molecule has 39 heavy (non-hydrogen) atoms. The Morgan fingerprint density at radius 3 is 2.51 bits per heavy atom. The quantitative estimate of drug-likeness (QED) is 0.281. The van der Waals surface area contributed by atoms with Gasteiger partial charge in [0.25, 0.3) is 0 Å². The van der Waals surface area contributed by atoms with Gasteiger partial charge in [0.15, 0.2) is 0 Å². The number of nitrogens with one attached hydrogen (secondary N) is 1. The van der Waals surface area contributed by atoms with Crippen LogP contribution in [0.15, 0.2) is 42.7 Å². The normalized spacial score (nSPS) is 13.9. The second-order valence-electron chi connectivity index (χ2n) is 8.75. The van der Waals surface area contributed by atoms with Crippen LogP contribution < -0.4 is 10.2 Å². The number of nitro groups is 1. The highest BCUT2D eigenvalue weighted by atomic mass is 35.5. The largest absolute Gasteiger partial charge is 0.450 e. The number of hydrogen-bond acceptors (Lipinski definition) is 9. The molecule has 0 radical (unpaired) electrons. The average Bonchev–Trinajstić information content (AvgIpc) is 2.92. The van der Waals surface area contributed by atoms with Gasteiger partial charge in [-0.3, -0.25) is 10.1 Å². The third-order valence-electron chi connectivity index (χ3n) is 6.33. The van der Waals surface area contributed by atoms with E-state index in [9.17, 15) is 20.2 Å². The van der Waals surface area contributed by atoms with E-state index >= 15 is 0 Å². The minimum atomic E-state index is -0.629. The molecule has 2 heterocycles. The molecule has 0 aliphatic carbocycles. The summed E-state index contributed by atoms with van der Waals surface area (Å²) in [6, 6.07) is 12.6. The number of hydrogen-bond donors (Lipinski definition) is 1. The lowest BCUT2D eigenvalue weighted by Crippen LogP contribution is -2.49. The number of carbonyl (C=O) groups is 1. The number of carbonyl (C=O) groups excluding carboxylic acids is 1. The number of nitriles is 1. The molecule has 1 aliphatic rings. The Labute approximate surface area is 235 Å². The van der Waals surface area contributed by atoms with Crippen LogP contribution >= 0.6 is 23.2 Å². The third kappa shape index (κ3) is 6.13. The molecule has 1 unspecified atom stereocenters. The van der Waals surface area contributed by atoms with Crippen molar-refractivity contribution in [2.24, 2.45) is 0 Å². The van der Waals surface area contributed by atoms with Crippen molar-refractivity contribution < 1.29 is 14.5 Å². The first-order valence-corrected chi connectivity index (χ1v) is 12.9. The number of halogens is 2. The summed E-state index contributed by atoms with van der Waals surface area (Å²) in [5, 5.41) is 25.9. The van der Waals surface area contributed by atoms with Gasteiger partial charge in [0.1, 0.15) is 6.33 Å². The van der Waals surface area contributed by atoms with Gasteiger partial charge in [-0.15, -0.1) is 0 Å². The summed E-state index contributed by atoms with van der Waals surface area (Å²) in [5.74, 6) is -0.483. The van der Waals surface area contributed by atoms with E-state index in [4.69, 9.17) is 27.9 Å². The first-order chi connectivity index (χ1) is 18.7. The third-order valence-corrected chi connectivity index (χ3v) is 6.91. The first kappa shape index (κ1) is 27.9. The van der Waals surface area contributed by atoms with Gasteiger partial charge in [0.2, 0.25) is 11.6 Å². The summed E-state index contributed by atoms with van der Waals surface area (Å²) in [6.07, 6.45) is 0.835. The van der Waals surface area contributed by atoms with Crippen LogP contribution in [0.1, 0.15) is 29.5 Å². The van der Waals surface area contributed by atoms with Gasteiger partial charge in [-0.25, -0.2) is 14.8 Å². The fourth-order valence-corrected chi connectivity index (χ4v) is 4.74. The highest BCUT2D eigenvalue weighted by molar-refractivity contribution is 6.32. The second-order valence-corrected chi connectivity index (χ2v) is 9.60. The number of benzene rings is 2. The molecule has 1 atom stereocenters. The Hall–Kier alpha value is -4.14. The highest BCUT2D eigenvalue weighted by Crippen LogP contribution is 2.38. The topological polar surface area (TPSA) is 138 Å². The van der Waals surface area contributed by atoms with E-state index in [1.807, 2.05) is 0 Å². The predicted octanol–water partition coefficient (Wildman–Crippen LogP) is 5.68. The second kappa shape index (κ2) is 12.1. The fourth-order valence-electron chi connectivity index (χ4n) is 4.34. The molecule has 0 spiro atoms.